The Bertz CT molecular complexity index is 1080. The zero-order valence-corrected chi connectivity index (χ0v) is 19.4. The molecule has 0 unspecified atom stereocenters. The van der Waals surface area contributed by atoms with Crippen LogP contribution in [0, 0.1) is 16.6 Å². The van der Waals surface area contributed by atoms with Gasteiger partial charge in [0.25, 0.3) is 5.91 Å². The number of nitrogens with zero attached hydrogens (tertiary/aromatic N) is 3. The molecule has 2 atom stereocenters. The van der Waals surface area contributed by atoms with Crippen molar-refractivity contribution in [3.05, 3.63) is 41.8 Å². The molecule has 0 bridgehead atoms. The third-order valence-electron chi connectivity index (χ3n) is 6.52. The number of aromatic nitrogens is 2. The van der Waals surface area contributed by atoms with E-state index in [1.54, 1.807) is 27.8 Å². The maximum atomic E-state index is 14.0. The quantitative estimate of drug-likeness (QED) is 0.601. The van der Waals surface area contributed by atoms with E-state index in [4.69, 9.17) is 5.41 Å². The highest BCUT2D eigenvalue weighted by molar-refractivity contribution is 6.39. The Morgan fingerprint density at radius 3 is 2.39 bits per heavy atom. The summed E-state index contributed by atoms with van der Waals surface area (Å²) in [6.07, 6.45) is 2.01. The number of aliphatic hydroxyl groups excluding tert-OH is 1. The van der Waals surface area contributed by atoms with Crippen LogP contribution in [0.5, 0.6) is 0 Å². The van der Waals surface area contributed by atoms with Gasteiger partial charge in [0.05, 0.1) is 17.8 Å². The van der Waals surface area contributed by atoms with Gasteiger partial charge in [-0.1, -0.05) is 45.0 Å². The van der Waals surface area contributed by atoms with Gasteiger partial charge in [0, 0.05) is 31.0 Å². The van der Waals surface area contributed by atoms with Crippen molar-refractivity contribution >= 4 is 17.5 Å². The Labute approximate surface area is 192 Å². The second kappa shape index (κ2) is 8.06. The summed E-state index contributed by atoms with van der Waals surface area (Å²) in [4.78, 5) is 27.4. The lowest BCUT2D eigenvalue weighted by Crippen LogP contribution is -2.51. The number of carbonyl (C=O) groups is 2. The van der Waals surface area contributed by atoms with E-state index in [0.717, 1.165) is 18.4 Å². The summed E-state index contributed by atoms with van der Waals surface area (Å²) in [6, 6.07) is 6.53. The number of amides is 2. The molecule has 33 heavy (non-hydrogen) atoms. The van der Waals surface area contributed by atoms with E-state index < -0.39 is 34.8 Å². The molecule has 2 aliphatic rings. The Kier molecular flexibility index (Phi) is 5.64. The normalized spacial score (nSPS) is 21.7. The number of hydrogen-bond donors (Lipinski definition) is 3. The molecule has 2 heterocycles. The van der Waals surface area contributed by atoms with Crippen molar-refractivity contribution in [1.82, 2.24) is 20.0 Å². The molecule has 1 aliphatic carbocycles. The van der Waals surface area contributed by atoms with Crippen molar-refractivity contribution < 1.29 is 19.1 Å². The third-order valence-corrected chi connectivity index (χ3v) is 6.52. The van der Waals surface area contributed by atoms with Crippen molar-refractivity contribution in [3.63, 3.8) is 0 Å². The van der Waals surface area contributed by atoms with E-state index in [0.29, 0.717) is 11.3 Å². The Hall–Kier alpha value is -3.07. The lowest BCUT2D eigenvalue weighted by atomic mass is 9.89. The highest BCUT2D eigenvalue weighted by Gasteiger charge is 2.49. The first-order valence-corrected chi connectivity index (χ1v) is 11.1. The number of aryl methyl sites for hydroxylation is 1. The molecule has 2 fully saturated rings. The van der Waals surface area contributed by atoms with Crippen molar-refractivity contribution in [1.29, 1.82) is 5.41 Å². The van der Waals surface area contributed by atoms with Gasteiger partial charge in [0.1, 0.15) is 17.4 Å². The van der Waals surface area contributed by atoms with Gasteiger partial charge in [-0.2, -0.15) is 5.10 Å². The lowest BCUT2D eigenvalue weighted by Gasteiger charge is -2.29. The molecule has 2 aromatic rings. The fourth-order valence-corrected chi connectivity index (χ4v) is 4.36. The van der Waals surface area contributed by atoms with Gasteiger partial charge in [-0.3, -0.25) is 19.7 Å². The Balaban J connectivity index is 1.51. The molecule has 8 nitrogen and oxygen atoms in total. The zero-order valence-electron chi connectivity index (χ0n) is 19.4. The average molecular weight is 456 g/mol. The van der Waals surface area contributed by atoms with Crippen LogP contribution in [0.3, 0.4) is 0 Å². The molecular weight excluding hydrogens is 425 g/mol. The molecule has 4 rings (SSSR count). The van der Waals surface area contributed by atoms with E-state index in [1.807, 2.05) is 24.3 Å². The van der Waals surface area contributed by atoms with Crippen LogP contribution < -0.4 is 5.32 Å². The van der Waals surface area contributed by atoms with Crippen LogP contribution in [0.2, 0.25) is 0 Å². The van der Waals surface area contributed by atoms with Crippen LogP contribution in [0.1, 0.15) is 45.6 Å². The molecule has 1 aromatic heterocycles. The van der Waals surface area contributed by atoms with E-state index in [2.05, 4.69) is 10.4 Å². The molecule has 0 radical (unpaired) electrons. The van der Waals surface area contributed by atoms with E-state index in [1.165, 1.54) is 15.8 Å². The van der Waals surface area contributed by atoms with Crippen LogP contribution in [-0.4, -0.2) is 56.0 Å². The smallest absolute Gasteiger partial charge is 0.268 e. The number of benzene rings is 1. The number of hydrogen-bond acceptors (Lipinski definition) is 5. The number of halogens is 1. The first-order valence-electron chi connectivity index (χ1n) is 11.1. The predicted octanol–water partition coefficient (Wildman–Crippen LogP) is 2.36. The number of β-amino-alcohol motifs (C(OH)–C–C–N with tert-alkyl or cyclic N) is 1. The SMILES string of the molecule is Cn1ncc(F)c1-c1ccc(C2(NC(=O)[C@@H]3C[C@@H](O)CN3C(=O)C(=N)C(C)(C)C)CC2)cc1. The van der Waals surface area contributed by atoms with Crippen LogP contribution in [-0.2, 0) is 22.2 Å². The fourth-order valence-electron chi connectivity index (χ4n) is 4.36. The molecule has 3 N–H and O–H groups in total. The van der Waals surface area contributed by atoms with Gasteiger partial charge < -0.3 is 15.3 Å². The van der Waals surface area contributed by atoms with E-state index >= 15 is 0 Å². The number of carbonyl (C=O) groups excluding carboxylic acids is 2. The zero-order chi connectivity index (χ0) is 24.1. The van der Waals surface area contributed by atoms with Gasteiger partial charge in [0.2, 0.25) is 5.91 Å². The summed E-state index contributed by atoms with van der Waals surface area (Å²) in [5.74, 6) is -1.25. The molecule has 1 saturated heterocycles. The second-order valence-corrected chi connectivity index (χ2v) is 10.1. The van der Waals surface area contributed by atoms with Crippen molar-refractivity contribution in [3.8, 4) is 11.3 Å². The molecule has 1 saturated carbocycles. The molecular formula is C24H30FN5O3. The lowest BCUT2D eigenvalue weighted by molar-refractivity contribution is -0.134. The number of nitrogens with one attached hydrogen (secondary N) is 2. The summed E-state index contributed by atoms with van der Waals surface area (Å²) in [5, 5.41) is 25.4. The van der Waals surface area contributed by atoms with Crippen molar-refractivity contribution in [2.75, 3.05) is 6.54 Å². The summed E-state index contributed by atoms with van der Waals surface area (Å²) in [5.41, 5.74) is 0.703. The summed E-state index contributed by atoms with van der Waals surface area (Å²) >= 11 is 0. The van der Waals surface area contributed by atoms with Crippen molar-refractivity contribution in [2.45, 2.75) is 57.7 Å². The van der Waals surface area contributed by atoms with Gasteiger partial charge >= 0.3 is 0 Å². The Morgan fingerprint density at radius 1 is 1.24 bits per heavy atom. The minimum atomic E-state index is -0.824. The summed E-state index contributed by atoms with van der Waals surface area (Å²) < 4.78 is 15.5. The minimum Gasteiger partial charge on any atom is -0.391 e. The first kappa shape index (κ1) is 23.1. The minimum absolute atomic E-state index is 0.0351. The number of aliphatic hydroxyl groups is 1. The predicted molar refractivity (Wildman–Crippen MR) is 121 cm³/mol. The van der Waals surface area contributed by atoms with Gasteiger partial charge in [0.15, 0.2) is 5.82 Å². The summed E-state index contributed by atoms with van der Waals surface area (Å²) in [7, 11) is 1.68. The molecule has 1 aromatic carbocycles. The highest BCUT2D eigenvalue weighted by atomic mass is 19.1. The third kappa shape index (κ3) is 4.29. The largest absolute Gasteiger partial charge is 0.391 e. The Morgan fingerprint density at radius 2 is 1.88 bits per heavy atom. The van der Waals surface area contributed by atoms with Crippen LogP contribution in [0.4, 0.5) is 4.39 Å². The topological polar surface area (TPSA) is 111 Å². The second-order valence-electron chi connectivity index (χ2n) is 10.1. The highest BCUT2D eigenvalue weighted by Crippen LogP contribution is 2.46. The number of likely N-dealkylation sites (tertiary alicyclic amines) is 1. The maximum absolute atomic E-state index is 14.0. The average Bonchev–Trinajstić information content (AvgIpc) is 3.30. The van der Waals surface area contributed by atoms with E-state index in [9.17, 15) is 19.1 Å². The maximum Gasteiger partial charge on any atom is 0.268 e. The number of rotatable bonds is 5. The van der Waals surface area contributed by atoms with Crippen molar-refractivity contribution in [2.24, 2.45) is 12.5 Å². The standard InChI is InChI=1S/C24H30FN5O3/c1-23(2,3)20(26)22(33)30-13-16(31)11-18(30)21(32)28-24(9-10-24)15-7-5-14(6-8-15)19-17(25)12-27-29(19)4/h5-8,12,16,18,26,31H,9-11,13H2,1-4H3,(H,28,32)/t16-,18+/m1/s1. The van der Waals surface area contributed by atoms with Gasteiger partial charge in [-0.15, -0.1) is 0 Å². The molecule has 9 heteroatoms. The monoisotopic (exact) mass is 455 g/mol. The van der Waals surface area contributed by atoms with Gasteiger partial charge in [-0.25, -0.2) is 4.39 Å². The fraction of sp³-hybridized carbons (Fsp3) is 0.500. The first-order chi connectivity index (χ1) is 15.4. The van der Waals surface area contributed by atoms with Gasteiger partial charge in [-0.05, 0) is 18.4 Å². The molecule has 2 amide bonds. The molecule has 0 spiro atoms. The van der Waals surface area contributed by atoms with Crippen LogP contribution in [0.25, 0.3) is 11.3 Å². The van der Waals surface area contributed by atoms with E-state index in [-0.39, 0.29) is 24.6 Å². The van der Waals surface area contributed by atoms with Crippen LogP contribution in [0.15, 0.2) is 30.5 Å². The summed E-state index contributed by atoms with van der Waals surface area (Å²) in [6.45, 7) is 5.35. The molecule has 176 valence electrons. The van der Waals surface area contributed by atoms with Crippen LogP contribution >= 0.6 is 0 Å². The molecule has 1 aliphatic heterocycles.